The van der Waals surface area contributed by atoms with Crippen LogP contribution >= 0.6 is 24.0 Å². The number of alkyl carbamates (subject to hydrolysis) is 1. The van der Waals surface area contributed by atoms with Gasteiger partial charge in [-0.1, -0.05) is 20.3 Å². The second-order valence-corrected chi connectivity index (χ2v) is 9.17. The van der Waals surface area contributed by atoms with Crippen molar-refractivity contribution in [2.45, 2.75) is 78.9 Å². The predicted molar refractivity (Wildman–Crippen MR) is 130 cm³/mol. The van der Waals surface area contributed by atoms with E-state index in [1.807, 2.05) is 20.8 Å². The molecule has 1 atom stereocenters. The summed E-state index contributed by atoms with van der Waals surface area (Å²) in [6, 6.07) is -0.0511. The highest BCUT2D eigenvalue weighted by Gasteiger charge is 2.36. The molecule has 1 aliphatic rings. The van der Waals surface area contributed by atoms with Crippen LogP contribution < -0.4 is 16.0 Å². The number of amides is 1. The Morgan fingerprint density at radius 2 is 1.86 bits per heavy atom. The summed E-state index contributed by atoms with van der Waals surface area (Å²) < 4.78 is 10.7. The van der Waals surface area contributed by atoms with E-state index in [9.17, 15) is 4.79 Å². The minimum atomic E-state index is -0.505. The molecule has 1 aliphatic carbocycles. The first-order valence-electron chi connectivity index (χ1n) is 10.6. The number of carbonyl (C=O) groups is 1. The summed E-state index contributed by atoms with van der Waals surface area (Å²) in [4.78, 5) is 17.0. The average molecular weight is 527 g/mol. The second-order valence-electron chi connectivity index (χ2n) is 9.17. The first-order chi connectivity index (χ1) is 13.1. The summed E-state index contributed by atoms with van der Waals surface area (Å²) in [5, 5.41) is 9.66. The zero-order chi connectivity index (χ0) is 21.2. The lowest BCUT2D eigenvalue weighted by Gasteiger charge is -2.40. The third-order valence-corrected chi connectivity index (χ3v) is 5.16. The third-order valence-electron chi connectivity index (χ3n) is 5.16. The first kappa shape index (κ1) is 28.2. The molecule has 0 aromatic heterocycles. The van der Waals surface area contributed by atoms with Gasteiger partial charge in [-0.05, 0) is 58.3 Å². The maximum atomic E-state index is 12.1. The van der Waals surface area contributed by atoms with Crippen LogP contribution in [-0.4, -0.2) is 57.0 Å². The quantitative estimate of drug-likeness (QED) is 0.228. The fraction of sp³-hybridized carbons (Fsp3) is 0.905. The number of guanidine groups is 1. The highest BCUT2D eigenvalue weighted by atomic mass is 127. The van der Waals surface area contributed by atoms with Crippen molar-refractivity contribution in [3.05, 3.63) is 0 Å². The van der Waals surface area contributed by atoms with Crippen LogP contribution in [-0.2, 0) is 9.47 Å². The van der Waals surface area contributed by atoms with E-state index < -0.39 is 5.60 Å². The lowest BCUT2D eigenvalue weighted by Crippen LogP contribution is -2.50. The van der Waals surface area contributed by atoms with Gasteiger partial charge in [0, 0.05) is 33.4 Å². The summed E-state index contributed by atoms with van der Waals surface area (Å²) in [7, 11) is 1.75. The molecule has 0 radical (unpaired) electrons. The van der Waals surface area contributed by atoms with E-state index in [0.29, 0.717) is 6.54 Å². The van der Waals surface area contributed by atoms with Gasteiger partial charge in [0.2, 0.25) is 0 Å². The van der Waals surface area contributed by atoms with E-state index in [1.54, 1.807) is 7.11 Å². The third kappa shape index (κ3) is 11.3. The topological polar surface area (TPSA) is 84.0 Å². The smallest absolute Gasteiger partial charge is 0.407 e. The molecule has 0 aromatic carbocycles. The number of aliphatic imine (C=N–C) groups is 1. The van der Waals surface area contributed by atoms with E-state index in [1.165, 1.54) is 19.3 Å². The minimum absolute atomic E-state index is 0. The monoisotopic (exact) mass is 526 g/mol. The summed E-state index contributed by atoms with van der Waals surface area (Å²) in [5.74, 6) is 1.06. The molecular weight excluding hydrogens is 483 g/mol. The highest BCUT2D eigenvalue weighted by molar-refractivity contribution is 14.0. The van der Waals surface area contributed by atoms with Crippen LogP contribution in [0.25, 0.3) is 0 Å². The molecule has 1 amide bonds. The van der Waals surface area contributed by atoms with Gasteiger partial charge >= 0.3 is 6.09 Å². The van der Waals surface area contributed by atoms with Crippen LogP contribution in [0.3, 0.4) is 0 Å². The van der Waals surface area contributed by atoms with Gasteiger partial charge < -0.3 is 25.4 Å². The maximum Gasteiger partial charge on any atom is 0.407 e. The summed E-state index contributed by atoms with van der Waals surface area (Å²) in [5.41, 5.74) is -0.223. The Morgan fingerprint density at radius 1 is 1.21 bits per heavy atom. The number of halogens is 1. The molecule has 29 heavy (non-hydrogen) atoms. The Labute approximate surface area is 194 Å². The highest BCUT2D eigenvalue weighted by Crippen LogP contribution is 2.44. The first-order valence-corrected chi connectivity index (χ1v) is 10.6. The number of ether oxygens (including phenoxy) is 2. The van der Waals surface area contributed by atoms with E-state index >= 15 is 0 Å². The number of nitrogens with zero attached hydrogens (tertiary/aromatic N) is 1. The summed E-state index contributed by atoms with van der Waals surface area (Å²) in [6.07, 6.45) is 4.38. The largest absolute Gasteiger partial charge is 0.444 e. The average Bonchev–Trinajstić information content (AvgIpc) is 2.55. The molecule has 0 aromatic rings. The summed E-state index contributed by atoms with van der Waals surface area (Å²) in [6.45, 7) is 14.8. The van der Waals surface area contributed by atoms with Crippen molar-refractivity contribution in [1.29, 1.82) is 0 Å². The molecule has 0 heterocycles. The molecule has 1 rings (SSSR count). The van der Waals surface area contributed by atoms with Crippen molar-refractivity contribution < 1.29 is 14.3 Å². The van der Waals surface area contributed by atoms with Gasteiger partial charge in [-0.15, -0.1) is 24.0 Å². The summed E-state index contributed by atoms with van der Waals surface area (Å²) >= 11 is 0. The zero-order valence-corrected chi connectivity index (χ0v) is 21.7. The van der Waals surface area contributed by atoms with Gasteiger partial charge in [0.1, 0.15) is 5.60 Å². The van der Waals surface area contributed by atoms with Crippen LogP contribution in [0, 0.1) is 11.3 Å². The Kier molecular flexibility index (Phi) is 13.2. The maximum absolute atomic E-state index is 12.1. The molecule has 0 bridgehead atoms. The van der Waals surface area contributed by atoms with Crippen LogP contribution in [0.5, 0.6) is 0 Å². The molecule has 0 saturated heterocycles. The Morgan fingerprint density at radius 3 is 2.31 bits per heavy atom. The van der Waals surface area contributed by atoms with Crippen molar-refractivity contribution in [1.82, 2.24) is 16.0 Å². The van der Waals surface area contributed by atoms with Crippen molar-refractivity contribution >= 4 is 36.0 Å². The van der Waals surface area contributed by atoms with Crippen LogP contribution in [0.4, 0.5) is 4.79 Å². The van der Waals surface area contributed by atoms with E-state index in [2.05, 4.69) is 36.7 Å². The Bertz CT molecular complexity index is 503. The lowest BCUT2D eigenvalue weighted by atomic mass is 9.67. The predicted octanol–water partition coefficient (Wildman–Crippen LogP) is 3.92. The Hall–Kier alpha value is -0.770. The number of methoxy groups -OCH3 is 1. The normalized spacial score (nSPS) is 17.0. The Balaban J connectivity index is 0.00000784. The van der Waals surface area contributed by atoms with Crippen LogP contribution in [0.15, 0.2) is 4.99 Å². The molecule has 1 unspecified atom stereocenters. The minimum Gasteiger partial charge on any atom is -0.444 e. The van der Waals surface area contributed by atoms with Crippen LogP contribution in [0.2, 0.25) is 0 Å². The van der Waals surface area contributed by atoms with Crippen LogP contribution in [0.1, 0.15) is 67.2 Å². The van der Waals surface area contributed by atoms with E-state index in [-0.39, 0.29) is 47.4 Å². The molecule has 0 spiro atoms. The second kappa shape index (κ2) is 13.5. The van der Waals surface area contributed by atoms with E-state index in [0.717, 1.165) is 32.1 Å². The number of rotatable bonds is 10. The number of carbonyl (C=O) groups excluding carboxylic acids is 1. The molecule has 8 heteroatoms. The molecular formula is C21H43IN4O3. The van der Waals surface area contributed by atoms with Gasteiger partial charge in [0.25, 0.3) is 0 Å². The number of hydrogen-bond donors (Lipinski definition) is 3. The van der Waals surface area contributed by atoms with Crippen molar-refractivity contribution in [3.63, 3.8) is 0 Å². The van der Waals surface area contributed by atoms with Gasteiger partial charge in [-0.3, -0.25) is 4.99 Å². The SMILES string of the molecule is CCNC(=NCC1(CCOC)CCC1)NCC(NC(=O)OC(C)(C)C)C(C)C.I. The number of nitrogens with one attached hydrogen (secondary N) is 3. The standard InChI is InChI=1S/C21H42N4O3.HI/c1-8-22-18(24-15-21(10-9-11-21)12-13-27-7)23-14-17(16(2)3)25-19(26)28-20(4,5)6;/h16-17H,8-15H2,1-7H3,(H,25,26)(H2,22,23,24);1H. The molecule has 3 N–H and O–H groups in total. The zero-order valence-electron chi connectivity index (χ0n) is 19.4. The molecule has 1 saturated carbocycles. The lowest BCUT2D eigenvalue weighted by molar-refractivity contribution is 0.0491. The van der Waals surface area contributed by atoms with Gasteiger partial charge in [-0.25, -0.2) is 4.79 Å². The van der Waals surface area contributed by atoms with Crippen molar-refractivity contribution in [2.75, 3.05) is 33.4 Å². The van der Waals surface area contributed by atoms with Crippen molar-refractivity contribution in [3.8, 4) is 0 Å². The molecule has 172 valence electrons. The van der Waals surface area contributed by atoms with Gasteiger partial charge in [0.15, 0.2) is 5.96 Å². The van der Waals surface area contributed by atoms with Gasteiger partial charge in [-0.2, -0.15) is 0 Å². The molecule has 0 aliphatic heterocycles. The van der Waals surface area contributed by atoms with Gasteiger partial charge in [0.05, 0.1) is 6.04 Å². The fourth-order valence-electron chi connectivity index (χ4n) is 3.19. The van der Waals surface area contributed by atoms with Crippen molar-refractivity contribution in [2.24, 2.45) is 16.3 Å². The number of hydrogen-bond acceptors (Lipinski definition) is 4. The van der Waals surface area contributed by atoms with E-state index in [4.69, 9.17) is 14.5 Å². The molecule has 7 nitrogen and oxygen atoms in total. The molecule has 1 fully saturated rings. The fourth-order valence-corrected chi connectivity index (χ4v) is 3.19.